The van der Waals surface area contributed by atoms with Gasteiger partial charge in [-0.15, -0.1) is 9.35 Å². The third-order valence-corrected chi connectivity index (χ3v) is 4.14. The second-order valence-corrected chi connectivity index (χ2v) is 8.34. The van der Waals surface area contributed by atoms with Crippen LogP contribution in [0.3, 0.4) is 0 Å². The molecule has 1 atom stereocenters. The minimum absolute atomic E-state index is 0.243. The van der Waals surface area contributed by atoms with Gasteiger partial charge in [0, 0.05) is 0 Å². The van der Waals surface area contributed by atoms with E-state index in [-0.39, 0.29) is 6.61 Å². The molecule has 0 saturated carbocycles. The van der Waals surface area contributed by atoms with Gasteiger partial charge in [0.15, 0.2) is 0 Å². The number of phosphoric ester groups is 1. The molecule has 0 saturated heterocycles. The summed E-state index contributed by atoms with van der Waals surface area (Å²) in [5, 5.41) is 0. The molecule has 0 aromatic rings. The fourth-order valence-electron chi connectivity index (χ4n) is 1.72. The molecule has 25 heavy (non-hydrogen) atoms. The largest absolute Gasteiger partial charge is 0.500 e. The van der Waals surface area contributed by atoms with Crippen molar-refractivity contribution in [1.29, 1.82) is 0 Å². The predicted octanol–water partition coefficient (Wildman–Crippen LogP) is 4.56. The third-order valence-electron chi connectivity index (χ3n) is 3.02. The molecule has 10 heteroatoms. The molecule has 0 aliphatic carbocycles. The molecule has 0 aromatic carbocycles. The molecular weight excluding hydrogens is 370 g/mol. The third kappa shape index (κ3) is 16.6. The van der Waals surface area contributed by atoms with E-state index in [0.29, 0.717) is 0 Å². The SMILES string of the molecule is CC(C)=CCC/C(C)=C\CC/C(C)=C/COP(=O)(O)OOP(=O)(O)O. The Hall–Kier alpha value is -0.560. The molecule has 1 unspecified atom stereocenters. The van der Waals surface area contributed by atoms with E-state index in [2.05, 4.69) is 46.8 Å². The standard InChI is InChI=1S/C15H28O8P2/c1-13(2)7-5-8-14(3)9-6-10-15(4)11-12-21-25(19,20)23-22-24(16,17)18/h7,9,11H,5-6,8,10,12H2,1-4H3,(H,19,20)(H2,16,17,18)/b14-9-,15-11+. The summed E-state index contributed by atoms with van der Waals surface area (Å²) in [4.78, 5) is 25.9. The maximum Gasteiger partial charge on any atom is 0.500 e. The Balaban J connectivity index is 4.15. The van der Waals surface area contributed by atoms with E-state index in [4.69, 9.17) is 14.7 Å². The molecule has 0 rings (SSSR count). The lowest BCUT2D eigenvalue weighted by Gasteiger charge is -2.10. The van der Waals surface area contributed by atoms with Crippen LogP contribution < -0.4 is 0 Å². The fourth-order valence-corrected chi connectivity index (χ4v) is 2.71. The molecule has 0 bridgehead atoms. The molecule has 0 heterocycles. The zero-order chi connectivity index (χ0) is 19.5. The lowest BCUT2D eigenvalue weighted by Crippen LogP contribution is -1.96. The molecule has 0 aliphatic heterocycles. The second-order valence-electron chi connectivity index (χ2n) is 5.86. The summed E-state index contributed by atoms with van der Waals surface area (Å²) in [5.41, 5.74) is 3.57. The Kier molecular flexibility index (Phi) is 11.7. The van der Waals surface area contributed by atoms with Gasteiger partial charge in [-0.2, -0.15) is 0 Å². The molecule has 0 fully saturated rings. The van der Waals surface area contributed by atoms with E-state index in [9.17, 15) is 9.13 Å². The first-order chi connectivity index (χ1) is 11.4. The van der Waals surface area contributed by atoms with Crippen molar-refractivity contribution in [2.45, 2.75) is 53.4 Å². The van der Waals surface area contributed by atoms with Crippen LogP contribution >= 0.6 is 15.6 Å². The van der Waals surface area contributed by atoms with E-state index in [0.717, 1.165) is 31.3 Å². The van der Waals surface area contributed by atoms with Crippen LogP contribution in [-0.2, 0) is 23.0 Å². The number of rotatable bonds is 12. The molecular formula is C15H28O8P2. The van der Waals surface area contributed by atoms with Gasteiger partial charge < -0.3 is 14.7 Å². The molecule has 3 N–H and O–H groups in total. The highest BCUT2D eigenvalue weighted by Gasteiger charge is 2.28. The van der Waals surface area contributed by atoms with Crippen molar-refractivity contribution in [2.75, 3.05) is 6.61 Å². The van der Waals surface area contributed by atoms with Crippen LogP contribution in [0.1, 0.15) is 53.4 Å². The van der Waals surface area contributed by atoms with Crippen LogP contribution in [0.4, 0.5) is 0 Å². The summed E-state index contributed by atoms with van der Waals surface area (Å²) in [5.74, 6) is 0. The van der Waals surface area contributed by atoms with Gasteiger partial charge in [0.05, 0.1) is 6.61 Å². The van der Waals surface area contributed by atoms with Gasteiger partial charge in [0.1, 0.15) is 0 Å². The van der Waals surface area contributed by atoms with E-state index in [1.54, 1.807) is 6.08 Å². The van der Waals surface area contributed by atoms with Crippen LogP contribution in [0.2, 0.25) is 0 Å². The topological polar surface area (TPSA) is 123 Å². The Morgan fingerprint density at radius 2 is 1.36 bits per heavy atom. The Labute approximate surface area is 149 Å². The van der Waals surface area contributed by atoms with Crippen molar-refractivity contribution in [3.63, 3.8) is 0 Å². The monoisotopic (exact) mass is 398 g/mol. The highest BCUT2D eigenvalue weighted by atomic mass is 31.2. The van der Waals surface area contributed by atoms with E-state index < -0.39 is 15.6 Å². The van der Waals surface area contributed by atoms with Crippen LogP contribution in [0.15, 0.2) is 34.9 Å². The Morgan fingerprint density at radius 3 is 1.88 bits per heavy atom. The first-order valence-electron chi connectivity index (χ1n) is 7.77. The maximum atomic E-state index is 11.3. The van der Waals surface area contributed by atoms with Gasteiger partial charge in [0.2, 0.25) is 0 Å². The van der Waals surface area contributed by atoms with Gasteiger partial charge in [-0.25, -0.2) is 9.13 Å². The molecule has 0 aliphatic rings. The summed E-state index contributed by atoms with van der Waals surface area (Å²) in [6, 6.07) is 0. The van der Waals surface area contributed by atoms with Gasteiger partial charge in [-0.05, 0) is 53.4 Å². The maximum absolute atomic E-state index is 11.3. The van der Waals surface area contributed by atoms with Gasteiger partial charge >= 0.3 is 15.6 Å². The summed E-state index contributed by atoms with van der Waals surface area (Å²) >= 11 is 0. The first-order valence-corrected chi connectivity index (χ1v) is 10.8. The molecule has 0 amide bonds. The van der Waals surface area contributed by atoms with Crippen LogP contribution in [0.5, 0.6) is 0 Å². The van der Waals surface area contributed by atoms with E-state index in [1.807, 2.05) is 6.92 Å². The quantitative estimate of drug-likeness (QED) is 0.189. The Morgan fingerprint density at radius 1 is 0.840 bits per heavy atom. The summed E-state index contributed by atoms with van der Waals surface area (Å²) in [6.45, 7) is 7.84. The number of allylic oxidation sites excluding steroid dienone is 5. The summed E-state index contributed by atoms with van der Waals surface area (Å²) in [7, 11) is -9.70. The van der Waals surface area contributed by atoms with Crippen LogP contribution in [0.25, 0.3) is 0 Å². The Bertz CT molecular complexity index is 584. The van der Waals surface area contributed by atoms with Crippen molar-refractivity contribution in [3.05, 3.63) is 34.9 Å². The number of hydrogen-bond donors (Lipinski definition) is 3. The van der Waals surface area contributed by atoms with Crippen molar-refractivity contribution in [1.82, 2.24) is 0 Å². The zero-order valence-electron chi connectivity index (χ0n) is 15.0. The molecule has 146 valence electrons. The number of phosphoric acid groups is 2. The fraction of sp³-hybridized carbons (Fsp3) is 0.600. The van der Waals surface area contributed by atoms with Crippen molar-refractivity contribution in [2.24, 2.45) is 0 Å². The van der Waals surface area contributed by atoms with Crippen LogP contribution in [-0.4, -0.2) is 21.3 Å². The van der Waals surface area contributed by atoms with E-state index in [1.165, 1.54) is 11.1 Å². The normalized spacial score (nSPS) is 15.8. The molecule has 0 aromatic heterocycles. The van der Waals surface area contributed by atoms with E-state index >= 15 is 0 Å². The zero-order valence-corrected chi connectivity index (χ0v) is 16.8. The van der Waals surface area contributed by atoms with Gasteiger partial charge in [-0.1, -0.05) is 34.9 Å². The lowest BCUT2D eigenvalue weighted by molar-refractivity contribution is -0.146. The highest BCUT2D eigenvalue weighted by molar-refractivity contribution is 7.49. The molecule has 0 spiro atoms. The van der Waals surface area contributed by atoms with Gasteiger partial charge in [-0.3, -0.25) is 4.52 Å². The molecule has 8 nitrogen and oxygen atoms in total. The lowest BCUT2D eigenvalue weighted by atomic mass is 10.1. The minimum atomic E-state index is -5.01. The highest BCUT2D eigenvalue weighted by Crippen LogP contribution is 2.49. The average molecular weight is 398 g/mol. The average Bonchev–Trinajstić information content (AvgIpc) is 2.44. The predicted molar refractivity (Wildman–Crippen MR) is 95.4 cm³/mol. The smallest absolute Gasteiger partial charge is 0.301 e. The van der Waals surface area contributed by atoms with Crippen LogP contribution in [0, 0.1) is 0 Å². The van der Waals surface area contributed by atoms with Crippen molar-refractivity contribution >= 4 is 15.6 Å². The molecule has 0 radical (unpaired) electrons. The van der Waals surface area contributed by atoms with Crippen molar-refractivity contribution in [3.8, 4) is 0 Å². The second kappa shape index (κ2) is 11.9. The number of hydrogen-bond acceptors (Lipinski definition) is 5. The first kappa shape index (κ1) is 24.4. The van der Waals surface area contributed by atoms with Gasteiger partial charge in [0.25, 0.3) is 0 Å². The summed E-state index contributed by atoms with van der Waals surface area (Å²) < 4.78 is 33.4. The summed E-state index contributed by atoms with van der Waals surface area (Å²) in [6.07, 6.45) is 9.60. The van der Waals surface area contributed by atoms with Crippen molar-refractivity contribution < 1.29 is 37.7 Å². The minimum Gasteiger partial charge on any atom is -0.301 e.